The van der Waals surface area contributed by atoms with Crippen LogP contribution in [0.3, 0.4) is 0 Å². The van der Waals surface area contributed by atoms with Gasteiger partial charge in [0.25, 0.3) is 0 Å². The molecule has 33 heavy (non-hydrogen) atoms. The number of benzene rings is 1. The number of nitrogens with zero attached hydrogens (tertiary/aromatic N) is 1. The first-order valence-electron chi connectivity index (χ1n) is 11.6. The maximum Gasteiger partial charge on any atom is 0.247 e. The van der Waals surface area contributed by atoms with Gasteiger partial charge in [-0.2, -0.15) is 0 Å². The Bertz CT molecular complexity index is 868. The highest BCUT2D eigenvalue weighted by Crippen LogP contribution is 2.43. The van der Waals surface area contributed by atoms with Crippen LogP contribution in [-0.2, 0) is 9.22 Å². The minimum absolute atomic E-state index is 0.00870. The summed E-state index contributed by atoms with van der Waals surface area (Å²) < 4.78 is 22.8. The smallest absolute Gasteiger partial charge is 0.247 e. The Kier molecular flexibility index (Phi) is 7.51. The van der Waals surface area contributed by atoms with E-state index in [4.69, 9.17) is 18.6 Å². The lowest BCUT2D eigenvalue weighted by Crippen LogP contribution is -2.53. The number of amides is 1. The van der Waals surface area contributed by atoms with E-state index in [1.807, 2.05) is 4.90 Å². The number of carbonyl (C=O) groups is 1. The first-order chi connectivity index (χ1) is 15.4. The van der Waals surface area contributed by atoms with Crippen LogP contribution in [0.25, 0.3) is 6.08 Å². The Hall–Kier alpha value is -2.03. The highest BCUT2D eigenvalue weighted by atomic mass is 28.4. The summed E-state index contributed by atoms with van der Waals surface area (Å²) in [7, 11) is 2.76. The number of hydrogen-bond donors (Lipinski definition) is 1. The van der Waals surface area contributed by atoms with E-state index in [0.29, 0.717) is 30.1 Å². The second kappa shape index (κ2) is 9.68. The molecular weight excluding hydrogens is 438 g/mol. The van der Waals surface area contributed by atoms with Crippen LogP contribution in [0.1, 0.15) is 45.6 Å². The predicted octanol–water partition coefficient (Wildman–Crippen LogP) is 4.24. The quantitative estimate of drug-likeness (QED) is 0.468. The molecule has 3 rings (SSSR count). The first-order valence-corrected chi connectivity index (χ1v) is 14.5. The molecule has 1 N–H and O–H groups in total. The number of piperidine rings is 1. The molecule has 0 spiro atoms. The van der Waals surface area contributed by atoms with Gasteiger partial charge in [-0.15, -0.1) is 0 Å². The molecule has 7 nitrogen and oxygen atoms in total. The molecule has 0 aliphatic carbocycles. The van der Waals surface area contributed by atoms with E-state index in [2.05, 4.69) is 33.9 Å². The third-order valence-corrected chi connectivity index (χ3v) is 11.9. The van der Waals surface area contributed by atoms with Crippen molar-refractivity contribution in [1.29, 1.82) is 0 Å². The van der Waals surface area contributed by atoms with Gasteiger partial charge in [-0.1, -0.05) is 20.8 Å². The summed E-state index contributed by atoms with van der Waals surface area (Å²) in [6.45, 7) is 11.2. The molecule has 1 aromatic rings. The maximum atomic E-state index is 13.2. The van der Waals surface area contributed by atoms with Gasteiger partial charge in [0.2, 0.25) is 11.7 Å². The zero-order valence-corrected chi connectivity index (χ0v) is 22.2. The minimum atomic E-state index is -1.91. The fourth-order valence-corrected chi connectivity index (χ4v) is 6.02. The Morgan fingerprint density at radius 3 is 2.15 bits per heavy atom. The molecule has 184 valence electrons. The molecule has 2 bridgehead atoms. The van der Waals surface area contributed by atoms with Crippen molar-refractivity contribution in [3.63, 3.8) is 0 Å². The summed E-state index contributed by atoms with van der Waals surface area (Å²) in [6, 6.07) is 3.38. The van der Waals surface area contributed by atoms with Gasteiger partial charge >= 0.3 is 0 Å². The van der Waals surface area contributed by atoms with E-state index in [1.165, 1.54) is 0 Å². The second-order valence-corrected chi connectivity index (χ2v) is 15.3. The van der Waals surface area contributed by atoms with Crippen molar-refractivity contribution < 1.29 is 28.5 Å². The highest BCUT2D eigenvalue weighted by Gasteiger charge is 2.50. The van der Waals surface area contributed by atoms with Crippen molar-refractivity contribution in [2.24, 2.45) is 0 Å². The molecule has 1 amide bonds. The van der Waals surface area contributed by atoms with Crippen LogP contribution in [-0.4, -0.2) is 69.9 Å². The summed E-state index contributed by atoms with van der Waals surface area (Å²) >= 11 is 0. The monoisotopic (exact) mass is 477 g/mol. The van der Waals surface area contributed by atoms with Crippen molar-refractivity contribution in [3.8, 4) is 17.2 Å². The number of carbonyl (C=O) groups excluding carboxylic acids is 1. The van der Waals surface area contributed by atoms with Crippen molar-refractivity contribution in [3.05, 3.63) is 23.8 Å². The summed E-state index contributed by atoms with van der Waals surface area (Å²) in [5.41, 5.74) is 0.766. The van der Waals surface area contributed by atoms with Crippen LogP contribution < -0.4 is 14.2 Å². The van der Waals surface area contributed by atoms with E-state index >= 15 is 0 Å². The third-order valence-electron chi connectivity index (χ3n) is 7.38. The largest absolute Gasteiger partial charge is 0.493 e. The molecule has 1 aromatic carbocycles. The number of fused-ring (bicyclic) bond motifs is 2. The lowest BCUT2D eigenvalue weighted by Gasteiger charge is -2.44. The normalized spacial score (nSPS) is 25.4. The average molecular weight is 478 g/mol. The Morgan fingerprint density at radius 1 is 1.06 bits per heavy atom. The summed E-state index contributed by atoms with van der Waals surface area (Å²) in [5.74, 6) is 1.47. The molecule has 2 saturated heterocycles. The fraction of sp³-hybridized carbons (Fsp3) is 0.640. The van der Waals surface area contributed by atoms with E-state index < -0.39 is 14.4 Å². The van der Waals surface area contributed by atoms with Gasteiger partial charge in [-0.25, -0.2) is 0 Å². The first kappa shape index (κ1) is 25.6. The average Bonchev–Trinajstić information content (AvgIpc) is 2.95. The zero-order chi connectivity index (χ0) is 24.6. The standard InChI is InChI=1S/C25H39NO6Si/c1-25(2,3)33(7,8)32-18-13-17-14-20(27)19(15-18)26(17)23(28)10-9-16-11-21(29-4)24(31-6)22(12-16)30-5/h9-12,17-20,27H,13-15H2,1-8H3/b10-9+/t17-,18-,19+,20-/m0/s1. The van der Waals surface area contributed by atoms with Gasteiger partial charge in [0.15, 0.2) is 19.8 Å². The van der Waals surface area contributed by atoms with Crippen molar-refractivity contribution in [1.82, 2.24) is 4.90 Å². The molecule has 2 aliphatic heterocycles. The topological polar surface area (TPSA) is 77.5 Å². The molecule has 8 heteroatoms. The van der Waals surface area contributed by atoms with Crippen LogP contribution >= 0.6 is 0 Å². The highest BCUT2D eigenvalue weighted by molar-refractivity contribution is 6.74. The molecule has 0 saturated carbocycles. The fourth-order valence-electron chi connectivity index (χ4n) is 4.64. The number of hydrogen-bond acceptors (Lipinski definition) is 6. The Balaban J connectivity index is 1.75. The SMILES string of the molecule is COc1cc(/C=C/C(=O)N2[C@H]3C[C@H](O[Si](C)(C)C(C)(C)C)C[C@@H]2[C@@H](O)C3)cc(OC)c1OC. The molecule has 2 fully saturated rings. The summed E-state index contributed by atoms with van der Waals surface area (Å²) in [6.07, 6.45) is 4.93. The van der Waals surface area contributed by atoms with E-state index in [0.717, 1.165) is 12.0 Å². The Morgan fingerprint density at radius 2 is 1.67 bits per heavy atom. The molecule has 2 aliphatic rings. The van der Waals surface area contributed by atoms with Crippen molar-refractivity contribution in [2.45, 2.75) is 82.5 Å². The van der Waals surface area contributed by atoms with Crippen LogP contribution in [0.15, 0.2) is 18.2 Å². The molecule has 0 radical (unpaired) electrons. The lowest BCUT2D eigenvalue weighted by atomic mass is 9.99. The molecule has 0 unspecified atom stereocenters. The second-order valence-electron chi connectivity index (χ2n) is 10.5. The number of aliphatic hydroxyl groups is 1. The predicted molar refractivity (Wildman–Crippen MR) is 131 cm³/mol. The van der Waals surface area contributed by atoms with Gasteiger partial charge in [-0.05, 0) is 61.2 Å². The van der Waals surface area contributed by atoms with Crippen LogP contribution in [0.4, 0.5) is 0 Å². The Labute approximate surface area is 198 Å². The molecule has 0 aromatic heterocycles. The number of ether oxygens (including phenoxy) is 3. The van der Waals surface area contributed by atoms with E-state index in [-0.39, 0.29) is 29.1 Å². The maximum absolute atomic E-state index is 13.2. The van der Waals surface area contributed by atoms with E-state index in [1.54, 1.807) is 45.6 Å². The van der Waals surface area contributed by atoms with Gasteiger partial charge in [-0.3, -0.25) is 4.79 Å². The van der Waals surface area contributed by atoms with Crippen molar-refractivity contribution in [2.75, 3.05) is 21.3 Å². The lowest BCUT2D eigenvalue weighted by molar-refractivity contribution is -0.132. The number of aliphatic hydroxyl groups excluding tert-OH is 1. The molecular formula is C25H39NO6Si. The number of rotatable bonds is 7. The van der Waals surface area contributed by atoms with Crippen LogP contribution in [0, 0.1) is 0 Å². The minimum Gasteiger partial charge on any atom is -0.493 e. The summed E-state index contributed by atoms with van der Waals surface area (Å²) in [4.78, 5) is 15.0. The van der Waals surface area contributed by atoms with Crippen molar-refractivity contribution >= 4 is 20.3 Å². The zero-order valence-electron chi connectivity index (χ0n) is 21.2. The number of methoxy groups -OCH3 is 3. The van der Waals surface area contributed by atoms with Gasteiger partial charge < -0.3 is 28.6 Å². The van der Waals surface area contributed by atoms with Crippen LogP contribution in [0.5, 0.6) is 17.2 Å². The summed E-state index contributed by atoms with van der Waals surface area (Å²) in [5, 5.41) is 10.8. The molecule has 2 heterocycles. The van der Waals surface area contributed by atoms with Gasteiger partial charge in [0, 0.05) is 18.2 Å². The molecule has 4 atom stereocenters. The van der Waals surface area contributed by atoms with Crippen LogP contribution in [0.2, 0.25) is 18.1 Å². The van der Waals surface area contributed by atoms with E-state index in [9.17, 15) is 9.90 Å². The van der Waals surface area contributed by atoms with Gasteiger partial charge in [0.05, 0.1) is 33.5 Å². The van der Waals surface area contributed by atoms with Gasteiger partial charge in [0.1, 0.15) is 0 Å². The third kappa shape index (κ3) is 5.23.